The fourth-order valence-electron chi connectivity index (χ4n) is 5.27. The third-order valence-electron chi connectivity index (χ3n) is 7.41. The molecule has 1 atom stereocenters. The van der Waals surface area contributed by atoms with Crippen LogP contribution >= 0.6 is 0 Å². The van der Waals surface area contributed by atoms with Gasteiger partial charge in [-0.25, -0.2) is 4.98 Å². The van der Waals surface area contributed by atoms with Crippen molar-refractivity contribution in [3.63, 3.8) is 0 Å². The van der Waals surface area contributed by atoms with Crippen molar-refractivity contribution in [2.75, 3.05) is 49.3 Å². The molecule has 3 fully saturated rings. The van der Waals surface area contributed by atoms with E-state index >= 15 is 0 Å². The molecule has 6 rings (SSSR count). The third-order valence-corrected chi connectivity index (χ3v) is 7.41. The summed E-state index contributed by atoms with van der Waals surface area (Å²) in [4.78, 5) is 31.2. The molecule has 1 aliphatic carbocycles. The molecule has 4 heterocycles. The normalized spacial score (nSPS) is 21.8. The number of aromatic nitrogens is 3. The van der Waals surface area contributed by atoms with Gasteiger partial charge in [-0.15, -0.1) is 0 Å². The summed E-state index contributed by atoms with van der Waals surface area (Å²) >= 11 is 0. The zero-order valence-electron chi connectivity index (χ0n) is 19.9. The first kappa shape index (κ1) is 22.2. The third kappa shape index (κ3) is 4.08. The molecule has 0 bridgehead atoms. The first-order valence-electron chi connectivity index (χ1n) is 12.3. The van der Waals surface area contributed by atoms with Crippen LogP contribution in [0.1, 0.15) is 36.5 Å². The number of carbonyl (C=O) groups is 1. The van der Waals surface area contributed by atoms with Crippen LogP contribution in [0, 0.1) is 0 Å². The predicted octanol–water partition coefficient (Wildman–Crippen LogP) is 2.78. The molecule has 35 heavy (non-hydrogen) atoms. The lowest BCUT2D eigenvalue weighted by atomic mass is 9.79. The Kier molecular flexibility index (Phi) is 5.53. The molecule has 1 saturated carbocycles. The van der Waals surface area contributed by atoms with Crippen LogP contribution in [0.25, 0.3) is 22.3 Å². The monoisotopic (exact) mass is 474 g/mol. The van der Waals surface area contributed by atoms with Crippen LogP contribution < -0.4 is 15.5 Å². The van der Waals surface area contributed by atoms with Crippen molar-refractivity contribution in [1.82, 2.24) is 15.0 Å². The lowest BCUT2D eigenvalue weighted by molar-refractivity contribution is -0.107. The average molecular weight is 475 g/mol. The lowest BCUT2D eigenvalue weighted by Gasteiger charge is -2.48. The van der Waals surface area contributed by atoms with Crippen molar-refractivity contribution in [2.24, 2.45) is 5.73 Å². The minimum atomic E-state index is -0.460. The van der Waals surface area contributed by atoms with E-state index in [0.29, 0.717) is 37.0 Å². The highest BCUT2D eigenvalue weighted by molar-refractivity contribution is 5.94. The van der Waals surface area contributed by atoms with Gasteiger partial charge in [0.15, 0.2) is 5.65 Å². The summed E-state index contributed by atoms with van der Waals surface area (Å²) in [7, 11) is 0. The number of fused-ring (bicyclic) bond motifs is 1. The Morgan fingerprint density at radius 2 is 2.00 bits per heavy atom. The van der Waals surface area contributed by atoms with E-state index in [4.69, 9.17) is 30.2 Å². The standard InChI is InChI=1S/C26H30N6O3/c1-17-15-34-12-11-32(17)24-20-6-7-21(18-4-2-5-19(14-18)22(27)33)28-23(20)29-25(30-24)31-10-13-35-26(16-31)8-3-9-26/h2,4-7,14,17H,3,8-13,15-16H2,1H3,(H2,27,33)/t17-/m0/s1. The fourth-order valence-corrected chi connectivity index (χ4v) is 5.27. The van der Waals surface area contributed by atoms with Crippen molar-refractivity contribution in [3.8, 4) is 11.3 Å². The van der Waals surface area contributed by atoms with Crippen molar-refractivity contribution >= 4 is 28.7 Å². The molecule has 2 saturated heterocycles. The number of nitrogens with two attached hydrogens (primary N) is 1. The number of hydrogen-bond acceptors (Lipinski definition) is 8. The Balaban J connectivity index is 1.46. The highest BCUT2D eigenvalue weighted by Gasteiger charge is 2.43. The van der Waals surface area contributed by atoms with E-state index in [2.05, 4.69) is 16.7 Å². The van der Waals surface area contributed by atoms with Gasteiger partial charge >= 0.3 is 0 Å². The van der Waals surface area contributed by atoms with Gasteiger partial charge in [0, 0.05) is 30.8 Å². The first-order chi connectivity index (χ1) is 17.0. The van der Waals surface area contributed by atoms with Gasteiger partial charge in [-0.05, 0) is 50.5 Å². The Morgan fingerprint density at radius 1 is 1.11 bits per heavy atom. The van der Waals surface area contributed by atoms with Crippen LogP contribution in [0.2, 0.25) is 0 Å². The van der Waals surface area contributed by atoms with Crippen molar-refractivity contribution in [2.45, 2.75) is 37.8 Å². The highest BCUT2D eigenvalue weighted by Crippen LogP contribution is 2.39. The number of nitrogens with zero attached hydrogens (tertiary/aromatic N) is 5. The van der Waals surface area contributed by atoms with Crippen LogP contribution in [0.15, 0.2) is 36.4 Å². The maximum Gasteiger partial charge on any atom is 0.248 e. The van der Waals surface area contributed by atoms with E-state index in [9.17, 15) is 4.79 Å². The summed E-state index contributed by atoms with van der Waals surface area (Å²) in [5.41, 5.74) is 8.09. The van der Waals surface area contributed by atoms with E-state index in [1.807, 2.05) is 24.3 Å². The molecule has 1 spiro atoms. The number of amides is 1. The molecule has 3 aliphatic rings. The molecule has 1 amide bonds. The molecule has 9 heteroatoms. The minimum absolute atomic E-state index is 0.0620. The van der Waals surface area contributed by atoms with Gasteiger partial charge < -0.3 is 25.0 Å². The number of carbonyl (C=O) groups excluding carboxylic acids is 1. The highest BCUT2D eigenvalue weighted by atomic mass is 16.5. The van der Waals surface area contributed by atoms with Gasteiger partial charge in [0.2, 0.25) is 11.9 Å². The van der Waals surface area contributed by atoms with Crippen molar-refractivity contribution in [1.29, 1.82) is 0 Å². The van der Waals surface area contributed by atoms with Crippen molar-refractivity contribution in [3.05, 3.63) is 42.0 Å². The van der Waals surface area contributed by atoms with Crippen LogP contribution in [0.4, 0.5) is 11.8 Å². The van der Waals surface area contributed by atoms with Crippen LogP contribution in [-0.4, -0.2) is 72.0 Å². The molecular formula is C26H30N6O3. The second-order valence-electron chi connectivity index (χ2n) is 9.78. The Labute approximate surface area is 204 Å². The number of rotatable bonds is 4. The zero-order valence-corrected chi connectivity index (χ0v) is 19.9. The molecule has 3 aromatic rings. The van der Waals surface area contributed by atoms with Gasteiger partial charge in [-0.1, -0.05) is 12.1 Å². The van der Waals surface area contributed by atoms with Gasteiger partial charge in [-0.2, -0.15) is 9.97 Å². The predicted molar refractivity (Wildman–Crippen MR) is 134 cm³/mol. The number of hydrogen-bond donors (Lipinski definition) is 1. The summed E-state index contributed by atoms with van der Waals surface area (Å²) in [5.74, 6) is 1.12. The van der Waals surface area contributed by atoms with Crippen LogP contribution in [0.3, 0.4) is 0 Å². The van der Waals surface area contributed by atoms with Gasteiger partial charge in [-0.3, -0.25) is 4.79 Å². The van der Waals surface area contributed by atoms with Crippen molar-refractivity contribution < 1.29 is 14.3 Å². The van der Waals surface area contributed by atoms with E-state index in [-0.39, 0.29) is 11.6 Å². The molecule has 1 aromatic carbocycles. The summed E-state index contributed by atoms with van der Waals surface area (Å²) in [5, 5.41) is 0.906. The summed E-state index contributed by atoms with van der Waals surface area (Å²) in [6, 6.07) is 11.4. The van der Waals surface area contributed by atoms with E-state index in [1.54, 1.807) is 12.1 Å². The smallest absolute Gasteiger partial charge is 0.248 e. The molecule has 9 nitrogen and oxygen atoms in total. The molecule has 0 unspecified atom stereocenters. The van der Waals surface area contributed by atoms with Gasteiger partial charge in [0.1, 0.15) is 5.82 Å². The Morgan fingerprint density at radius 3 is 2.77 bits per heavy atom. The quantitative estimate of drug-likeness (QED) is 0.615. The first-order valence-corrected chi connectivity index (χ1v) is 12.3. The van der Waals surface area contributed by atoms with Crippen LogP contribution in [-0.2, 0) is 9.47 Å². The number of pyridine rings is 1. The summed E-state index contributed by atoms with van der Waals surface area (Å²) in [6.07, 6.45) is 3.38. The molecule has 0 radical (unpaired) electrons. The summed E-state index contributed by atoms with van der Waals surface area (Å²) in [6.45, 7) is 6.48. The molecule has 2 aliphatic heterocycles. The van der Waals surface area contributed by atoms with Gasteiger partial charge in [0.05, 0.1) is 42.5 Å². The number of ether oxygens (including phenoxy) is 2. The number of anilines is 2. The second kappa shape index (κ2) is 8.73. The molecule has 182 valence electrons. The second-order valence-corrected chi connectivity index (χ2v) is 9.78. The zero-order chi connectivity index (χ0) is 24.0. The maximum atomic E-state index is 11.7. The Bertz CT molecular complexity index is 1280. The fraction of sp³-hybridized carbons (Fsp3) is 0.462. The average Bonchev–Trinajstić information content (AvgIpc) is 2.87. The number of primary amides is 1. The van der Waals surface area contributed by atoms with E-state index in [1.165, 1.54) is 6.42 Å². The largest absolute Gasteiger partial charge is 0.377 e. The number of benzene rings is 1. The molecule has 2 aromatic heterocycles. The van der Waals surface area contributed by atoms with Crippen LogP contribution in [0.5, 0.6) is 0 Å². The lowest BCUT2D eigenvalue weighted by Crippen LogP contribution is -2.56. The minimum Gasteiger partial charge on any atom is -0.377 e. The number of morpholine rings is 2. The molecular weight excluding hydrogens is 444 g/mol. The molecule has 2 N–H and O–H groups in total. The maximum absolute atomic E-state index is 11.7. The van der Waals surface area contributed by atoms with Gasteiger partial charge in [0.25, 0.3) is 0 Å². The SMILES string of the molecule is C[C@H]1COCCN1c1nc(N2CCOC3(CCC3)C2)nc2nc(-c3cccc(C(N)=O)c3)ccc12. The summed E-state index contributed by atoms with van der Waals surface area (Å²) < 4.78 is 11.8. The van der Waals surface area contributed by atoms with E-state index in [0.717, 1.165) is 54.9 Å². The topological polar surface area (TPSA) is 107 Å². The Hall–Kier alpha value is -3.30. The van der Waals surface area contributed by atoms with E-state index < -0.39 is 5.91 Å².